The first-order valence-corrected chi connectivity index (χ1v) is 17.4. The molecule has 0 bridgehead atoms. The third-order valence-corrected chi connectivity index (χ3v) is 11.1. The number of carbonyl (C=O) groups is 1. The molecular formula is C34H43ClF2N4O4S. The van der Waals surface area contributed by atoms with E-state index in [1.807, 2.05) is 0 Å². The molecule has 12 heteroatoms. The second-order valence-electron chi connectivity index (χ2n) is 11.5. The van der Waals surface area contributed by atoms with Gasteiger partial charge in [0.25, 0.3) is 0 Å². The average molecular weight is 677 g/mol. The van der Waals surface area contributed by atoms with E-state index in [4.69, 9.17) is 16.3 Å². The van der Waals surface area contributed by atoms with E-state index in [0.717, 1.165) is 12.8 Å². The van der Waals surface area contributed by atoms with Crippen molar-refractivity contribution in [2.45, 2.75) is 49.5 Å². The fourth-order valence-electron chi connectivity index (χ4n) is 6.45. The number of ether oxygens (including phenoxy) is 1. The van der Waals surface area contributed by atoms with E-state index in [1.165, 1.54) is 35.6 Å². The van der Waals surface area contributed by atoms with Crippen LogP contribution >= 0.6 is 11.6 Å². The van der Waals surface area contributed by atoms with Crippen LogP contribution in [0.3, 0.4) is 0 Å². The lowest BCUT2D eigenvalue weighted by atomic mass is 9.74. The lowest BCUT2D eigenvalue weighted by Gasteiger charge is -2.35. The van der Waals surface area contributed by atoms with Crippen LogP contribution in [0.1, 0.15) is 43.2 Å². The second kappa shape index (κ2) is 16.8. The molecular weight excluding hydrogens is 634 g/mol. The van der Waals surface area contributed by atoms with Gasteiger partial charge in [-0.1, -0.05) is 48.9 Å². The average Bonchev–Trinajstić information content (AvgIpc) is 3.08. The predicted molar refractivity (Wildman–Crippen MR) is 177 cm³/mol. The molecule has 8 nitrogen and oxygen atoms in total. The van der Waals surface area contributed by atoms with Gasteiger partial charge in [-0.15, -0.1) is 0 Å². The first kappa shape index (κ1) is 35.9. The number of rotatable bonds is 10. The number of sulfonamides is 1. The number of hydrogen-bond donors (Lipinski definition) is 3. The molecule has 1 unspecified atom stereocenters. The van der Waals surface area contributed by atoms with Crippen LogP contribution in [0.5, 0.6) is 0 Å². The molecule has 1 amide bonds. The van der Waals surface area contributed by atoms with Crippen LogP contribution in [-0.2, 0) is 26.0 Å². The van der Waals surface area contributed by atoms with Crippen molar-refractivity contribution in [2.24, 2.45) is 17.6 Å². The summed E-state index contributed by atoms with van der Waals surface area (Å²) in [5, 5.41) is 6.22. The van der Waals surface area contributed by atoms with Crippen molar-refractivity contribution in [1.29, 1.82) is 0 Å². The van der Waals surface area contributed by atoms with E-state index >= 15 is 4.39 Å². The zero-order chi connectivity index (χ0) is 33.3. The molecule has 3 atom stereocenters. The molecule has 0 radical (unpaired) electrons. The SMILES string of the molecule is CN.C[C@H](C(=O)Nc1cccc(F)c1CC[C@H]1CNCCN1S(=O)(=O)c1ccccc1)C(c1ccc(Cl)c(F)c1)C1CCOCC1. The van der Waals surface area contributed by atoms with Crippen molar-refractivity contribution in [2.75, 3.05) is 45.2 Å². The molecule has 5 rings (SSSR count). The van der Waals surface area contributed by atoms with E-state index in [-0.39, 0.29) is 34.1 Å². The van der Waals surface area contributed by atoms with Crippen LogP contribution in [0, 0.1) is 23.5 Å². The highest BCUT2D eigenvalue weighted by atomic mass is 35.5. The van der Waals surface area contributed by atoms with Crippen LogP contribution < -0.4 is 16.4 Å². The van der Waals surface area contributed by atoms with Crippen LogP contribution in [0.4, 0.5) is 14.5 Å². The Labute approximate surface area is 275 Å². The monoisotopic (exact) mass is 676 g/mol. The van der Waals surface area contributed by atoms with Gasteiger partial charge in [0, 0.05) is 56.1 Å². The van der Waals surface area contributed by atoms with E-state index in [9.17, 15) is 17.6 Å². The number of nitrogens with two attached hydrogens (primary N) is 1. The molecule has 46 heavy (non-hydrogen) atoms. The second-order valence-corrected chi connectivity index (χ2v) is 13.8. The Morgan fingerprint density at radius 3 is 2.48 bits per heavy atom. The molecule has 0 aliphatic carbocycles. The number of benzene rings is 3. The summed E-state index contributed by atoms with van der Waals surface area (Å²) >= 11 is 5.95. The number of amides is 1. The Morgan fingerprint density at radius 2 is 1.78 bits per heavy atom. The molecule has 2 fully saturated rings. The molecule has 2 aliphatic heterocycles. The quantitative estimate of drug-likeness (QED) is 0.259. The molecule has 0 aromatic heterocycles. The molecule has 0 spiro atoms. The highest BCUT2D eigenvalue weighted by Crippen LogP contribution is 2.39. The fraction of sp³-hybridized carbons (Fsp3) is 0.441. The minimum atomic E-state index is -3.73. The third-order valence-electron chi connectivity index (χ3n) is 8.80. The highest BCUT2D eigenvalue weighted by Gasteiger charge is 2.35. The van der Waals surface area contributed by atoms with Gasteiger partial charge in [-0.2, -0.15) is 4.31 Å². The molecule has 2 saturated heterocycles. The van der Waals surface area contributed by atoms with Gasteiger partial charge in [0.15, 0.2) is 0 Å². The molecule has 3 aromatic rings. The van der Waals surface area contributed by atoms with E-state index in [2.05, 4.69) is 16.4 Å². The highest BCUT2D eigenvalue weighted by molar-refractivity contribution is 7.89. The number of anilines is 1. The Hall–Kier alpha value is -2.93. The topological polar surface area (TPSA) is 114 Å². The number of carbonyl (C=O) groups excluding carboxylic acids is 1. The van der Waals surface area contributed by atoms with Gasteiger partial charge >= 0.3 is 0 Å². The molecule has 0 saturated carbocycles. The van der Waals surface area contributed by atoms with E-state index in [1.54, 1.807) is 49.4 Å². The first-order chi connectivity index (χ1) is 22.2. The maximum Gasteiger partial charge on any atom is 0.243 e. The van der Waals surface area contributed by atoms with Gasteiger partial charge in [0.05, 0.1) is 9.92 Å². The summed E-state index contributed by atoms with van der Waals surface area (Å²) in [6, 6.07) is 17.1. The number of hydrogen-bond acceptors (Lipinski definition) is 6. The van der Waals surface area contributed by atoms with Gasteiger partial charge in [0.1, 0.15) is 11.6 Å². The van der Waals surface area contributed by atoms with Crippen LogP contribution in [0.2, 0.25) is 5.02 Å². The Kier molecular flexibility index (Phi) is 13.1. The maximum atomic E-state index is 15.3. The molecule has 2 heterocycles. The van der Waals surface area contributed by atoms with Crippen molar-refractivity contribution in [3.63, 3.8) is 0 Å². The Balaban J connectivity index is 0.00000235. The van der Waals surface area contributed by atoms with E-state index < -0.39 is 33.6 Å². The van der Waals surface area contributed by atoms with Gasteiger partial charge in [-0.05, 0) is 86.5 Å². The number of nitrogens with one attached hydrogen (secondary N) is 2. The van der Waals surface area contributed by atoms with Crippen LogP contribution in [0.15, 0.2) is 71.6 Å². The van der Waals surface area contributed by atoms with Crippen molar-refractivity contribution < 1.29 is 26.7 Å². The summed E-state index contributed by atoms with van der Waals surface area (Å²) in [5.74, 6) is -2.10. The van der Waals surface area contributed by atoms with Gasteiger partial charge in [-0.25, -0.2) is 17.2 Å². The number of nitrogens with zero attached hydrogens (tertiary/aromatic N) is 1. The normalized spacial score (nSPS) is 19.0. The van der Waals surface area contributed by atoms with Crippen LogP contribution in [0.25, 0.3) is 0 Å². The number of halogens is 3. The first-order valence-electron chi connectivity index (χ1n) is 15.6. The lowest BCUT2D eigenvalue weighted by Crippen LogP contribution is -2.53. The molecule has 3 aromatic carbocycles. The zero-order valence-corrected chi connectivity index (χ0v) is 27.8. The zero-order valence-electron chi connectivity index (χ0n) is 26.2. The van der Waals surface area contributed by atoms with Crippen molar-refractivity contribution in [1.82, 2.24) is 9.62 Å². The molecule has 250 valence electrons. The van der Waals surface area contributed by atoms with Crippen molar-refractivity contribution in [3.8, 4) is 0 Å². The van der Waals surface area contributed by atoms with Crippen molar-refractivity contribution in [3.05, 3.63) is 94.5 Å². The maximum absolute atomic E-state index is 15.3. The van der Waals surface area contributed by atoms with Gasteiger partial charge < -0.3 is 21.1 Å². The van der Waals surface area contributed by atoms with Crippen LogP contribution in [-0.4, -0.2) is 64.6 Å². The Bertz CT molecular complexity index is 1560. The van der Waals surface area contributed by atoms with Gasteiger partial charge in [-0.3, -0.25) is 4.79 Å². The third kappa shape index (κ3) is 8.50. The molecule has 2 aliphatic rings. The minimum absolute atomic E-state index is 0.0179. The Morgan fingerprint density at radius 1 is 1.07 bits per heavy atom. The summed E-state index contributed by atoms with van der Waals surface area (Å²) in [6.07, 6.45) is 2.04. The minimum Gasteiger partial charge on any atom is -0.381 e. The summed E-state index contributed by atoms with van der Waals surface area (Å²) in [5.41, 5.74) is 5.84. The fourth-order valence-corrected chi connectivity index (χ4v) is 8.24. The smallest absolute Gasteiger partial charge is 0.243 e. The van der Waals surface area contributed by atoms with Gasteiger partial charge in [0.2, 0.25) is 15.9 Å². The predicted octanol–water partition coefficient (Wildman–Crippen LogP) is 5.57. The van der Waals surface area contributed by atoms with Crippen molar-refractivity contribution >= 4 is 33.2 Å². The lowest BCUT2D eigenvalue weighted by molar-refractivity contribution is -0.120. The summed E-state index contributed by atoms with van der Waals surface area (Å²) < 4.78 is 63.7. The van der Waals surface area contributed by atoms with E-state index in [0.29, 0.717) is 56.1 Å². The largest absolute Gasteiger partial charge is 0.381 e. The summed E-state index contributed by atoms with van der Waals surface area (Å²) in [6.45, 7) is 4.19. The standard InChI is InChI=1S/C33H38ClF2N3O4S.CH5N/c1-22(32(23-14-18-43-19-15-23)24-10-13-28(34)30(36)20-24)33(40)38-31-9-5-8-29(35)27(31)12-11-25-21-37-16-17-39(25)44(41,42)26-6-3-2-4-7-26;1-2/h2-10,13,20,22-23,25,32,37H,11-12,14-19,21H2,1H3,(H,38,40);2H2,1H3/t22-,25-,32?;/m0./s1. The number of piperazine rings is 1. The summed E-state index contributed by atoms with van der Waals surface area (Å²) in [4.78, 5) is 14.0. The molecule has 4 N–H and O–H groups in total. The summed E-state index contributed by atoms with van der Waals surface area (Å²) in [7, 11) is -2.23.